The fourth-order valence-corrected chi connectivity index (χ4v) is 2.28. The third-order valence-corrected chi connectivity index (χ3v) is 3.47. The summed E-state index contributed by atoms with van der Waals surface area (Å²) in [4.78, 5) is 11.4. The number of hydrogen-bond donors (Lipinski definition) is 1. The van der Waals surface area contributed by atoms with Crippen LogP contribution in [0.5, 0.6) is 0 Å². The van der Waals surface area contributed by atoms with Crippen LogP contribution >= 0.6 is 0 Å². The number of carbonyl (C=O) groups is 1. The molecular weight excluding hydrogens is 268 g/mol. The Labute approximate surface area is 123 Å². The molecule has 0 spiro atoms. The van der Waals surface area contributed by atoms with Gasteiger partial charge in [0.25, 0.3) is 0 Å². The van der Waals surface area contributed by atoms with Gasteiger partial charge in [-0.05, 0) is 35.3 Å². The van der Waals surface area contributed by atoms with Crippen molar-refractivity contribution in [1.82, 2.24) is 20.2 Å². The Kier molecular flexibility index (Phi) is 4.67. The van der Waals surface area contributed by atoms with Gasteiger partial charge in [-0.1, -0.05) is 43.7 Å². The van der Waals surface area contributed by atoms with Crippen LogP contribution < -0.4 is 0 Å². The molecule has 6 nitrogen and oxygen atoms in total. The second-order valence-electron chi connectivity index (χ2n) is 5.55. The van der Waals surface area contributed by atoms with Crippen molar-refractivity contribution in [2.24, 2.45) is 5.92 Å². The first-order chi connectivity index (χ1) is 9.99. The lowest BCUT2D eigenvalue weighted by molar-refractivity contribution is -0.142. The molecule has 0 aliphatic carbocycles. The first kappa shape index (κ1) is 15.2. The molecule has 0 radical (unpaired) electrons. The highest BCUT2D eigenvalue weighted by atomic mass is 16.4. The zero-order valence-electron chi connectivity index (χ0n) is 12.5. The predicted octanol–water partition coefficient (Wildman–Crippen LogP) is 2.05. The number of tetrazole rings is 1. The summed E-state index contributed by atoms with van der Waals surface area (Å²) in [5.74, 6) is -0.380. The second-order valence-corrected chi connectivity index (χ2v) is 5.55. The van der Waals surface area contributed by atoms with E-state index in [4.69, 9.17) is 0 Å². The van der Waals surface area contributed by atoms with Crippen LogP contribution in [-0.4, -0.2) is 31.3 Å². The van der Waals surface area contributed by atoms with Gasteiger partial charge in [-0.2, -0.15) is 0 Å². The van der Waals surface area contributed by atoms with E-state index in [1.807, 2.05) is 20.8 Å². The highest BCUT2D eigenvalue weighted by Gasteiger charge is 2.27. The Bertz CT molecular complexity index is 604. The molecule has 0 amide bonds. The lowest BCUT2D eigenvalue weighted by Gasteiger charge is -2.17. The van der Waals surface area contributed by atoms with E-state index in [1.165, 1.54) is 15.8 Å². The van der Waals surface area contributed by atoms with E-state index in [9.17, 15) is 9.90 Å². The van der Waals surface area contributed by atoms with Gasteiger partial charge in [-0.15, -0.1) is 5.10 Å². The molecule has 21 heavy (non-hydrogen) atoms. The highest BCUT2D eigenvalue weighted by molar-refractivity contribution is 5.72. The minimum atomic E-state index is -0.908. The Hall–Kier alpha value is -2.24. The zero-order valence-corrected chi connectivity index (χ0v) is 12.5. The summed E-state index contributed by atoms with van der Waals surface area (Å²) >= 11 is 0. The van der Waals surface area contributed by atoms with E-state index < -0.39 is 12.0 Å². The summed E-state index contributed by atoms with van der Waals surface area (Å²) in [5, 5.41) is 20.8. The molecule has 1 atom stereocenters. The second kappa shape index (κ2) is 6.47. The Morgan fingerprint density at radius 1 is 1.24 bits per heavy atom. The molecule has 0 saturated heterocycles. The molecule has 1 aromatic carbocycles. The zero-order chi connectivity index (χ0) is 15.4. The Balaban J connectivity index is 2.13. The molecule has 0 bridgehead atoms. The number of carboxylic acids is 1. The van der Waals surface area contributed by atoms with Crippen LogP contribution in [0.25, 0.3) is 0 Å². The van der Waals surface area contributed by atoms with Gasteiger partial charge in [0.1, 0.15) is 0 Å². The standard InChI is InChI=1S/C15H20N4O2/c1-10(2)14(15(20)21)19-13(16-17-18-19)9-8-12-6-4-11(3)5-7-12/h4-7,10,14H,8-9H2,1-3H3,(H,20,21). The maximum atomic E-state index is 11.4. The molecule has 2 aromatic rings. The van der Waals surface area contributed by atoms with E-state index >= 15 is 0 Å². The first-order valence-electron chi connectivity index (χ1n) is 7.04. The molecule has 6 heteroatoms. The van der Waals surface area contributed by atoms with Crippen LogP contribution in [0.4, 0.5) is 0 Å². The summed E-state index contributed by atoms with van der Waals surface area (Å²) in [7, 11) is 0. The third-order valence-electron chi connectivity index (χ3n) is 3.47. The fraction of sp³-hybridized carbons (Fsp3) is 0.467. The summed E-state index contributed by atoms with van der Waals surface area (Å²) in [5.41, 5.74) is 2.40. The quantitative estimate of drug-likeness (QED) is 0.879. The number of nitrogens with zero attached hydrogens (tertiary/aromatic N) is 4. The third kappa shape index (κ3) is 3.65. The number of aromatic nitrogens is 4. The van der Waals surface area contributed by atoms with Gasteiger partial charge in [0.2, 0.25) is 0 Å². The molecular formula is C15H20N4O2. The van der Waals surface area contributed by atoms with Gasteiger partial charge in [-0.25, -0.2) is 9.48 Å². The topological polar surface area (TPSA) is 80.9 Å². The van der Waals surface area contributed by atoms with Crippen molar-refractivity contribution in [1.29, 1.82) is 0 Å². The Morgan fingerprint density at radius 3 is 2.48 bits per heavy atom. The Morgan fingerprint density at radius 2 is 1.90 bits per heavy atom. The van der Waals surface area contributed by atoms with E-state index in [1.54, 1.807) is 0 Å². The average Bonchev–Trinajstić information content (AvgIpc) is 2.85. The fourth-order valence-electron chi connectivity index (χ4n) is 2.28. The van der Waals surface area contributed by atoms with E-state index in [0.29, 0.717) is 12.2 Å². The molecule has 0 fully saturated rings. The number of benzene rings is 1. The maximum Gasteiger partial charge on any atom is 0.328 e. The van der Waals surface area contributed by atoms with Crippen LogP contribution in [0.1, 0.15) is 36.8 Å². The monoisotopic (exact) mass is 288 g/mol. The molecule has 112 valence electrons. The van der Waals surface area contributed by atoms with E-state index in [2.05, 4.69) is 39.8 Å². The van der Waals surface area contributed by atoms with Crippen LogP contribution in [0.2, 0.25) is 0 Å². The first-order valence-corrected chi connectivity index (χ1v) is 7.04. The molecule has 1 N–H and O–H groups in total. The van der Waals surface area contributed by atoms with Gasteiger partial charge >= 0.3 is 5.97 Å². The average molecular weight is 288 g/mol. The van der Waals surface area contributed by atoms with Crippen molar-refractivity contribution < 1.29 is 9.90 Å². The van der Waals surface area contributed by atoms with Crippen LogP contribution in [0, 0.1) is 12.8 Å². The van der Waals surface area contributed by atoms with Crippen LogP contribution in [0.3, 0.4) is 0 Å². The molecule has 1 unspecified atom stereocenters. The number of rotatable bonds is 6. The highest BCUT2D eigenvalue weighted by Crippen LogP contribution is 2.18. The molecule has 0 aliphatic heterocycles. The summed E-state index contributed by atoms with van der Waals surface area (Å²) in [6.07, 6.45) is 1.40. The lowest BCUT2D eigenvalue weighted by Crippen LogP contribution is -2.27. The van der Waals surface area contributed by atoms with E-state index in [0.717, 1.165) is 6.42 Å². The molecule has 0 aliphatic rings. The smallest absolute Gasteiger partial charge is 0.328 e. The summed E-state index contributed by atoms with van der Waals surface area (Å²) in [6.45, 7) is 5.75. The van der Waals surface area contributed by atoms with Crippen molar-refractivity contribution in [2.45, 2.75) is 39.7 Å². The van der Waals surface area contributed by atoms with Crippen molar-refractivity contribution in [3.8, 4) is 0 Å². The number of hydrogen-bond acceptors (Lipinski definition) is 4. The van der Waals surface area contributed by atoms with Gasteiger partial charge in [0.05, 0.1) is 0 Å². The largest absolute Gasteiger partial charge is 0.480 e. The normalized spacial score (nSPS) is 12.6. The van der Waals surface area contributed by atoms with E-state index in [-0.39, 0.29) is 5.92 Å². The molecule has 0 saturated carbocycles. The molecule has 1 heterocycles. The minimum absolute atomic E-state index is 0.0795. The molecule has 1 aromatic heterocycles. The van der Waals surface area contributed by atoms with Gasteiger partial charge < -0.3 is 5.11 Å². The van der Waals surface area contributed by atoms with Crippen molar-refractivity contribution in [3.63, 3.8) is 0 Å². The van der Waals surface area contributed by atoms with Gasteiger partial charge in [-0.3, -0.25) is 0 Å². The predicted molar refractivity (Wildman–Crippen MR) is 77.9 cm³/mol. The van der Waals surface area contributed by atoms with Crippen molar-refractivity contribution >= 4 is 5.97 Å². The van der Waals surface area contributed by atoms with Crippen molar-refractivity contribution in [3.05, 3.63) is 41.2 Å². The lowest BCUT2D eigenvalue weighted by atomic mass is 10.0. The van der Waals surface area contributed by atoms with Gasteiger partial charge in [0.15, 0.2) is 11.9 Å². The van der Waals surface area contributed by atoms with Crippen molar-refractivity contribution in [2.75, 3.05) is 0 Å². The number of aryl methyl sites for hydroxylation is 3. The summed E-state index contributed by atoms with van der Waals surface area (Å²) in [6, 6.07) is 7.54. The van der Waals surface area contributed by atoms with Crippen LogP contribution in [-0.2, 0) is 17.6 Å². The number of carboxylic acid groups (broad SMARTS) is 1. The number of aliphatic carboxylic acids is 1. The summed E-state index contributed by atoms with van der Waals surface area (Å²) < 4.78 is 1.43. The maximum absolute atomic E-state index is 11.4. The molecule has 2 rings (SSSR count). The SMILES string of the molecule is Cc1ccc(CCc2nnnn2C(C(=O)O)C(C)C)cc1. The van der Waals surface area contributed by atoms with Gasteiger partial charge in [0, 0.05) is 6.42 Å². The minimum Gasteiger partial charge on any atom is -0.480 e. The van der Waals surface area contributed by atoms with Crippen LogP contribution in [0.15, 0.2) is 24.3 Å².